The number of rotatable bonds is 10. The zero-order chi connectivity index (χ0) is 14.8. The van der Waals surface area contributed by atoms with Crippen LogP contribution in [0.2, 0.25) is 0 Å². The number of nitrogens with one attached hydrogen (secondary N) is 1. The number of nitrogens with zero attached hydrogens (tertiary/aromatic N) is 1. The lowest BCUT2D eigenvalue weighted by Crippen LogP contribution is -2.46. The fraction of sp³-hybridized carbons (Fsp3) is 1.00. The molecule has 0 bridgehead atoms. The van der Waals surface area contributed by atoms with E-state index in [1.807, 2.05) is 0 Å². The van der Waals surface area contributed by atoms with E-state index in [4.69, 9.17) is 9.47 Å². The van der Waals surface area contributed by atoms with Crippen molar-refractivity contribution < 1.29 is 9.47 Å². The molecule has 1 rings (SSSR count). The molecule has 0 amide bonds. The molecule has 0 aliphatic heterocycles. The summed E-state index contributed by atoms with van der Waals surface area (Å²) in [6.07, 6.45) is 5.39. The van der Waals surface area contributed by atoms with Crippen molar-refractivity contribution in [3.63, 3.8) is 0 Å². The molecule has 0 saturated heterocycles. The SMILES string of the molecule is CCC1CCC(NC)C(CN(CCOC)CCOC)C1. The van der Waals surface area contributed by atoms with Crippen LogP contribution in [0.25, 0.3) is 0 Å². The van der Waals surface area contributed by atoms with Gasteiger partial charge in [0.1, 0.15) is 0 Å². The topological polar surface area (TPSA) is 33.7 Å². The highest BCUT2D eigenvalue weighted by molar-refractivity contribution is 4.85. The Morgan fingerprint density at radius 3 is 2.25 bits per heavy atom. The van der Waals surface area contributed by atoms with Crippen LogP contribution in [0.4, 0.5) is 0 Å². The standard InChI is InChI=1S/C16H34N2O2/c1-5-14-6-7-16(17-2)15(12-14)13-18(8-10-19-3)9-11-20-4/h14-17H,5-13H2,1-4H3. The highest BCUT2D eigenvalue weighted by Crippen LogP contribution is 2.31. The van der Waals surface area contributed by atoms with Crippen LogP contribution in [0.15, 0.2) is 0 Å². The Morgan fingerprint density at radius 1 is 1.10 bits per heavy atom. The molecule has 0 spiro atoms. The van der Waals surface area contributed by atoms with Gasteiger partial charge in [-0.05, 0) is 38.1 Å². The van der Waals surface area contributed by atoms with Crippen LogP contribution in [0.5, 0.6) is 0 Å². The van der Waals surface area contributed by atoms with Gasteiger partial charge in [-0.2, -0.15) is 0 Å². The molecule has 3 unspecified atom stereocenters. The Morgan fingerprint density at radius 2 is 1.75 bits per heavy atom. The van der Waals surface area contributed by atoms with Crippen LogP contribution < -0.4 is 5.32 Å². The van der Waals surface area contributed by atoms with Crippen molar-refractivity contribution in [1.82, 2.24) is 10.2 Å². The maximum atomic E-state index is 5.24. The largest absolute Gasteiger partial charge is 0.383 e. The van der Waals surface area contributed by atoms with Gasteiger partial charge in [0.2, 0.25) is 0 Å². The lowest BCUT2D eigenvalue weighted by molar-refractivity contribution is 0.0838. The van der Waals surface area contributed by atoms with Crippen molar-refractivity contribution in [3.8, 4) is 0 Å². The first kappa shape index (κ1) is 17.9. The third-order valence-electron chi connectivity index (χ3n) is 4.76. The van der Waals surface area contributed by atoms with Gasteiger partial charge >= 0.3 is 0 Å². The first-order valence-electron chi connectivity index (χ1n) is 8.12. The minimum Gasteiger partial charge on any atom is -0.383 e. The zero-order valence-electron chi connectivity index (χ0n) is 13.9. The molecule has 1 N–H and O–H groups in total. The van der Waals surface area contributed by atoms with Crippen LogP contribution in [0, 0.1) is 11.8 Å². The molecule has 4 nitrogen and oxygen atoms in total. The monoisotopic (exact) mass is 286 g/mol. The van der Waals surface area contributed by atoms with Crippen LogP contribution in [0.3, 0.4) is 0 Å². The van der Waals surface area contributed by atoms with Gasteiger partial charge in [-0.1, -0.05) is 13.3 Å². The Hall–Kier alpha value is -0.160. The molecule has 1 aliphatic rings. The average Bonchev–Trinajstić information content (AvgIpc) is 2.49. The fourth-order valence-electron chi connectivity index (χ4n) is 3.38. The quantitative estimate of drug-likeness (QED) is 0.666. The third-order valence-corrected chi connectivity index (χ3v) is 4.76. The van der Waals surface area contributed by atoms with Crippen molar-refractivity contribution >= 4 is 0 Å². The van der Waals surface area contributed by atoms with E-state index in [-0.39, 0.29) is 0 Å². The van der Waals surface area contributed by atoms with Crippen molar-refractivity contribution in [1.29, 1.82) is 0 Å². The van der Waals surface area contributed by atoms with Gasteiger partial charge in [0.15, 0.2) is 0 Å². The first-order chi connectivity index (χ1) is 9.74. The molecule has 0 radical (unpaired) electrons. The summed E-state index contributed by atoms with van der Waals surface area (Å²) < 4.78 is 10.5. The molecule has 1 saturated carbocycles. The molecule has 3 atom stereocenters. The Bertz CT molecular complexity index is 231. The van der Waals surface area contributed by atoms with E-state index in [0.717, 1.165) is 44.7 Å². The third kappa shape index (κ3) is 6.08. The van der Waals surface area contributed by atoms with E-state index in [1.54, 1.807) is 14.2 Å². The van der Waals surface area contributed by atoms with Gasteiger partial charge in [-0.3, -0.25) is 4.90 Å². The van der Waals surface area contributed by atoms with Gasteiger partial charge in [0, 0.05) is 39.9 Å². The Balaban J connectivity index is 2.52. The predicted molar refractivity (Wildman–Crippen MR) is 84.2 cm³/mol. The van der Waals surface area contributed by atoms with Gasteiger partial charge in [-0.15, -0.1) is 0 Å². The number of hydrogen-bond acceptors (Lipinski definition) is 4. The van der Waals surface area contributed by atoms with E-state index in [9.17, 15) is 0 Å². The summed E-state index contributed by atoms with van der Waals surface area (Å²) in [5.74, 6) is 1.67. The molecule has 20 heavy (non-hydrogen) atoms. The Labute approximate surface area is 125 Å². The van der Waals surface area contributed by atoms with E-state index in [1.165, 1.54) is 25.7 Å². The molecule has 0 aromatic carbocycles. The molecule has 0 aromatic rings. The van der Waals surface area contributed by atoms with Gasteiger partial charge in [0.25, 0.3) is 0 Å². The van der Waals surface area contributed by atoms with Crippen molar-refractivity contribution in [2.75, 3.05) is 54.1 Å². The Kier molecular flexibility index (Phi) is 9.44. The van der Waals surface area contributed by atoms with Crippen LogP contribution in [-0.4, -0.2) is 65.1 Å². The second kappa shape index (κ2) is 10.6. The van der Waals surface area contributed by atoms with Crippen molar-refractivity contribution in [2.45, 2.75) is 38.6 Å². The van der Waals surface area contributed by atoms with Crippen molar-refractivity contribution in [3.05, 3.63) is 0 Å². The van der Waals surface area contributed by atoms with E-state index >= 15 is 0 Å². The molecular weight excluding hydrogens is 252 g/mol. The van der Waals surface area contributed by atoms with Crippen LogP contribution in [-0.2, 0) is 9.47 Å². The second-order valence-corrected chi connectivity index (χ2v) is 6.03. The maximum Gasteiger partial charge on any atom is 0.0589 e. The summed E-state index contributed by atoms with van der Waals surface area (Å²) in [7, 11) is 5.66. The normalized spacial score (nSPS) is 27.1. The summed E-state index contributed by atoms with van der Waals surface area (Å²) in [6.45, 7) is 7.10. The summed E-state index contributed by atoms with van der Waals surface area (Å²) >= 11 is 0. The average molecular weight is 286 g/mol. The van der Waals surface area contributed by atoms with E-state index in [0.29, 0.717) is 6.04 Å². The summed E-state index contributed by atoms with van der Waals surface area (Å²) in [6, 6.07) is 0.672. The molecule has 0 heterocycles. The van der Waals surface area contributed by atoms with E-state index in [2.05, 4.69) is 24.2 Å². The van der Waals surface area contributed by atoms with Crippen molar-refractivity contribution in [2.24, 2.45) is 11.8 Å². The molecule has 1 aliphatic carbocycles. The van der Waals surface area contributed by atoms with Crippen LogP contribution >= 0.6 is 0 Å². The van der Waals surface area contributed by atoms with Gasteiger partial charge < -0.3 is 14.8 Å². The van der Waals surface area contributed by atoms with Gasteiger partial charge in [-0.25, -0.2) is 0 Å². The first-order valence-corrected chi connectivity index (χ1v) is 8.12. The lowest BCUT2D eigenvalue weighted by atomic mass is 9.76. The molecule has 0 aromatic heterocycles. The molecular formula is C16H34N2O2. The highest BCUT2D eigenvalue weighted by atomic mass is 16.5. The maximum absolute atomic E-state index is 5.24. The summed E-state index contributed by atoms with van der Waals surface area (Å²) in [5, 5.41) is 3.53. The molecule has 120 valence electrons. The minimum atomic E-state index is 0.672. The number of ether oxygens (including phenoxy) is 2. The number of hydrogen-bond donors (Lipinski definition) is 1. The van der Waals surface area contributed by atoms with Gasteiger partial charge in [0.05, 0.1) is 13.2 Å². The lowest BCUT2D eigenvalue weighted by Gasteiger charge is -2.38. The zero-order valence-corrected chi connectivity index (χ0v) is 13.9. The smallest absolute Gasteiger partial charge is 0.0589 e. The summed E-state index contributed by atoms with van der Waals surface area (Å²) in [5.41, 5.74) is 0. The minimum absolute atomic E-state index is 0.672. The number of methoxy groups -OCH3 is 2. The molecule has 1 fully saturated rings. The fourth-order valence-corrected chi connectivity index (χ4v) is 3.38. The predicted octanol–water partition coefficient (Wildman–Crippen LogP) is 2.00. The second-order valence-electron chi connectivity index (χ2n) is 6.03. The highest BCUT2D eigenvalue weighted by Gasteiger charge is 2.29. The van der Waals surface area contributed by atoms with Crippen LogP contribution in [0.1, 0.15) is 32.6 Å². The van der Waals surface area contributed by atoms with E-state index < -0.39 is 0 Å². The summed E-state index contributed by atoms with van der Waals surface area (Å²) in [4.78, 5) is 2.50. The molecule has 4 heteroatoms.